The van der Waals surface area contributed by atoms with Crippen molar-refractivity contribution in [1.29, 1.82) is 0 Å². The number of rotatable bonds is 5. The minimum Gasteiger partial charge on any atom is -0.465 e. The van der Waals surface area contributed by atoms with Gasteiger partial charge < -0.3 is 28.7 Å². The van der Waals surface area contributed by atoms with E-state index in [-0.39, 0.29) is 18.0 Å². The molecular weight excluding hydrogens is 400 g/mol. The monoisotopic (exact) mass is 430 g/mol. The predicted octanol–water partition coefficient (Wildman–Crippen LogP) is 2.03. The number of nitrogens with one attached hydrogen (secondary N) is 1. The molecule has 0 aliphatic carbocycles. The molecule has 0 saturated carbocycles. The van der Waals surface area contributed by atoms with Crippen LogP contribution in [0.3, 0.4) is 0 Å². The first-order chi connectivity index (χ1) is 15.0. The summed E-state index contributed by atoms with van der Waals surface area (Å²) in [5, 5.41) is 3.06. The van der Waals surface area contributed by atoms with Crippen molar-refractivity contribution in [2.24, 2.45) is 0 Å². The summed E-state index contributed by atoms with van der Waals surface area (Å²) in [5.41, 5.74) is 0. The lowest BCUT2D eigenvalue weighted by Crippen LogP contribution is -2.54. The zero-order chi connectivity index (χ0) is 21.8. The molecule has 1 N–H and O–H groups in total. The van der Waals surface area contributed by atoms with Crippen LogP contribution in [-0.2, 0) is 4.74 Å². The molecule has 0 bridgehead atoms. The summed E-state index contributed by atoms with van der Waals surface area (Å²) in [4.78, 5) is 31.1. The first-order valence-corrected chi connectivity index (χ1v) is 10.8. The van der Waals surface area contributed by atoms with Gasteiger partial charge in [0, 0.05) is 45.8 Å². The summed E-state index contributed by atoms with van der Waals surface area (Å²) >= 11 is 0. The molecule has 2 aromatic rings. The van der Waals surface area contributed by atoms with E-state index >= 15 is 0 Å². The van der Waals surface area contributed by atoms with Crippen LogP contribution in [0.5, 0.6) is 0 Å². The Hall–Kier alpha value is -2.78. The number of hydrogen-bond donors (Lipinski definition) is 1. The summed E-state index contributed by atoms with van der Waals surface area (Å²) in [5.74, 6) is 2.63. The number of furan rings is 2. The molecule has 168 valence electrons. The Morgan fingerprint density at radius 3 is 2.16 bits per heavy atom. The maximum atomic E-state index is 12.8. The van der Waals surface area contributed by atoms with Gasteiger partial charge in [0.1, 0.15) is 17.3 Å². The van der Waals surface area contributed by atoms with Gasteiger partial charge >= 0.3 is 6.03 Å². The van der Waals surface area contributed by atoms with Crippen LogP contribution in [0.4, 0.5) is 4.79 Å². The van der Waals surface area contributed by atoms with Gasteiger partial charge in [-0.1, -0.05) is 0 Å². The maximum Gasteiger partial charge on any atom is 0.317 e. The van der Waals surface area contributed by atoms with Crippen LogP contribution in [0, 0.1) is 13.8 Å². The average molecular weight is 431 g/mol. The summed E-state index contributed by atoms with van der Waals surface area (Å²) in [6.45, 7) is 9.07. The van der Waals surface area contributed by atoms with Crippen LogP contribution in [0.25, 0.3) is 0 Å². The van der Waals surface area contributed by atoms with E-state index in [1.807, 2.05) is 26.0 Å². The highest BCUT2D eigenvalue weighted by molar-refractivity contribution is 5.91. The highest BCUT2D eigenvalue weighted by Crippen LogP contribution is 2.23. The second-order valence-corrected chi connectivity index (χ2v) is 7.99. The molecule has 0 spiro atoms. The highest BCUT2D eigenvalue weighted by atomic mass is 16.5. The number of aryl methyl sites for hydroxylation is 2. The van der Waals surface area contributed by atoms with Crippen LogP contribution < -0.4 is 5.32 Å². The number of hydrogen-bond acceptors (Lipinski definition) is 6. The highest BCUT2D eigenvalue weighted by Gasteiger charge is 2.29. The summed E-state index contributed by atoms with van der Waals surface area (Å²) in [6, 6.07) is 7.24. The van der Waals surface area contributed by atoms with Crippen molar-refractivity contribution < 1.29 is 23.2 Å². The van der Waals surface area contributed by atoms with Crippen LogP contribution in [0.2, 0.25) is 0 Å². The van der Waals surface area contributed by atoms with Crippen molar-refractivity contribution in [1.82, 2.24) is 20.0 Å². The van der Waals surface area contributed by atoms with E-state index in [4.69, 9.17) is 13.6 Å². The Kier molecular flexibility index (Phi) is 6.62. The first kappa shape index (κ1) is 21.5. The minimum absolute atomic E-state index is 0.0355. The molecule has 1 atom stereocenters. The second-order valence-electron chi connectivity index (χ2n) is 7.99. The zero-order valence-corrected chi connectivity index (χ0v) is 18.1. The van der Waals surface area contributed by atoms with Crippen LogP contribution >= 0.6 is 0 Å². The third-order valence-corrected chi connectivity index (χ3v) is 5.83. The largest absolute Gasteiger partial charge is 0.465 e. The minimum atomic E-state index is -0.131. The number of carbonyl (C=O) groups excluding carboxylic acids is 2. The van der Waals surface area contributed by atoms with Gasteiger partial charge in [-0.2, -0.15) is 0 Å². The van der Waals surface area contributed by atoms with Gasteiger partial charge in [-0.15, -0.1) is 0 Å². The Labute approximate surface area is 181 Å². The number of nitrogens with zero attached hydrogens (tertiary/aromatic N) is 3. The smallest absolute Gasteiger partial charge is 0.317 e. The molecule has 2 aliphatic heterocycles. The Morgan fingerprint density at radius 2 is 1.55 bits per heavy atom. The molecule has 0 aromatic carbocycles. The Balaban J connectivity index is 1.30. The van der Waals surface area contributed by atoms with Gasteiger partial charge in [-0.25, -0.2) is 4.79 Å². The van der Waals surface area contributed by atoms with Crippen LogP contribution in [-0.4, -0.2) is 85.7 Å². The third-order valence-electron chi connectivity index (χ3n) is 5.83. The topological polar surface area (TPSA) is 91.4 Å². The zero-order valence-electron chi connectivity index (χ0n) is 18.1. The lowest BCUT2D eigenvalue weighted by atomic mass is 10.1. The summed E-state index contributed by atoms with van der Waals surface area (Å²) in [6.07, 6.45) is 0. The number of ether oxygens (including phenoxy) is 1. The van der Waals surface area contributed by atoms with Gasteiger partial charge in [-0.3, -0.25) is 9.69 Å². The fraction of sp³-hybridized carbons (Fsp3) is 0.545. The molecule has 1 unspecified atom stereocenters. The lowest BCUT2D eigenvalue weighted by molar-refractivity contribution is 0.0118. The number of amides is 3. The van der Waals surface area contributed by atoms with E-state index in [0.717, 1.165) is 24.6 Å². The number of morpholine rings is 1. The standard InChI is InChI=1S/C22H30N4O5/c1-16-3-5-19(30-16)18(24-11-13-29-14-12-24)15-23-22(28)26-9-7-25(8-10-26)21(27)20-6-4-17(2)31-20/h3-6,18H,7-15H2,1-2H3,(H,23,28). The molecule has 4 rings (SSSR count). The van der Waals surface area contributed by atoms with Crippen molar-refractivity contribution in [3.8, 4) is 0 Å². The van der Waals surface area contributed by atoms with Crippen LogP contribution in [0.15, 0.2) is 33.1 Å². The molecular formula is C22H30N4O5. The molecule has 2 saturated heterocycles. The molecule has 2 fully saturated rings. The first-order valence-electron chi connectivity index (χ1n) is 10.8. The van der Waals surface area contributed by atoms with Crippen molar-refractivity contribution in [2.75, 3.05) is 59.0 Å². The van der Waals surface area contributed by atoms with Crippen molar-refractivity contribution in [3.63, 3.8) is 0 Å². The molecule has 3 amide bonds. The van der Waals surface area contributed by atoms with Gasteiger partial charge in [0.2, 0.25) is 0 Å². The fourth-order valence-corrected chi connectivity index (χ4v) is 4.05. The van der Waals surface area contributed by atoms with Crippen molar-refractivity contribution in [2.45, 2.75) is 19.9 Å². The van der Waals surface area contributed by atoms with Gasteiger partial charge in [-0.05, 0) is 38.1 Å². The van der Waals surface area contributed by atoms with Crippen LogP contribution in [0.1, 0.15) is 33.9 Å². The van der Waals surface area contributed by atoms with Gasteiger partial charge in [0.25, 0.3) is 5.91 Å². The van der Waals surface area contributed by atoms with Crippen molar-refractivity contribution >= 4 is 11.9 Å². The van der Waals surface area contributed by atoms with E-state index in [9.17, 15) is 9.59 Å². The summed E-state index contributed by atoms with van der Waals surface area (Å²) < 4.78 is 16.8. The van der Waals surface area contributed by atoms with E-state index in [1.54, 1.807) is 21.9 Å². The molecule has 4 heterocycles. The van der Waals surface area contributed by atoms with Gasteiger partial charge in [0.15, 0.2) is 5.76 Å². The molecule has 2 aliphatic rings. The average Bonchev–Trinajstić information content (AvgIpc) is 3.42. The SMILES string of the molecule is Cc1ccc(C(=O)N2CCN(C(=O)NCC(c3ccc(C)o3)N3CCOCC3)CC2)o1. The molecule has 9 heteroatoms. The number of carbonyl (C=O) groups is 2. The van der Waals surface area contributed by atoms with E-state index < -0.39 is 0 Å². The fourth-order valence-electron chi connectivity index (χ4n) is 4.05. The molecule has 9 nitrogen and oxygen atoms in total. The Morgan fingerprint density at radius 1 is 0.903 bits per heavy atom. The molecule has 2 aromatic heterocycles. The summed E-state index contributed by atoms with van der Waals surface area (Å²) in [7, 11) is 0. The second kappa shape index (κ2) is 9.57. The predicted molar refractivity (Wildman–Crippen MR) is 113 cm³/mol. The lowest BCUT2D eigenvalue weighted by Gasteiger charge is -2.36. The molecule has 0 radical (unpaired) electrons. The van der Waals surface area contributed by atoms with Crippen molar-refractivity contribution in [3.05, 3.63) is 47.3 Å². The van der Waals surface area contributed by atoms with Gasteiger partial charge in [0.05, 0.1) is 19.3 Å². The Bertz CT molecular complexity index is 893. The normalized spacial score (nSPS) is 18.8. The number of urea groups is 1. The number of piperazine rings is 1. The quantitative estimate of drug-likeness (QED) is 0.781. The maximum absolute atomic E-state index is 12.8. The van der Waals surface area contributed by atoms with E-state index in [1.165, 1.54) is 0 Å². The third kappa shape index (κ3) is 5.11. The molecule has 31 heavy (non-hydrogen) atoms. The van der Waals surface area contributed by atoms with E-state index in [0.29, 0.717) is 57.5 Å². The van der Waals surface area contributed by atoms with E-state index in [2.05, 4.69) is 10.2 Å².